The molecule has 2 atom stereocenters. The SMILES string of the molecule is C=C(O)[C@H]1CC[C@H](C(=O)N2CCC3(S(=O)(=O)Cc4ccccc4)c4ccc(C(F)(C(F)(F)F)C(F)(F)F)cc4CCC23)CC1. The van der Waals surface area contributed by atoms with Crippen LogP contribution in [0.5, 0.6) is 0 Å². The van der Waals surface area contributed by atoms with Crippen LogP contribution in [0.4, 0.5) is 30.7 Å². The molecule has 3 aliphatic rings. The van der Waals surface area contributed by atoms with Crippen molar-refractivity contribution in [3.8, 4) is 0 Å². The molecule has 1 heterocycles. The predicted molar refractivity (Wildman–Crippen MR) is 148 cm³/mol. The van der Waals surface area contributed by atoms with Gasteiger partial charge in [0.2, 0.25) is 5.91 Å². The Balaban J connectivity index is 1.59. The van der Waals surface area contributed by atoms with Gasteiger partial charge < -0.3 is 10.0 Å². The van der Waals surface area contributed by atoms with E-state index in [1.165, 1.54) is 4.90 Å². The van der Waals surface area contributed by atoms with Gasteiger partial charge in [-0.25, -0.2) is 12.8 Å². The van der Waals surface area contributed by atoms with Crippen molar-refractivity contribution >= 4 is 15.7 Å². The molecule has 1 amide bonds. The number of allylic oxidation sites excluding steroid dienone is 1. The highest BCUT2D eigenvalue weighted by molar-refractivity contribution is 7.91. The number of sulfone groups is 1. The van der Waals surface area contributed by atoms with Gasteiger partial charge in [0, 0.05) is 23.9 Å². The number of carbonyl (C=O) groups excluding carboxylic acids is 1. The standard InChI is InChI=1S/C31H32F7NO4S/c1-19(40)21-7-9-22(10-8-21)27(41)39-16-15-28(44(42,43)18-20-5-3-2-4-6-20)25-13-12-24(17-23(25)11-14-26(28)39)29(32,30(33,34)35)31(36,37)38/h2-6,12-13,17,21-22,26,40H,1,7-11,14-16,18H2/t21-,22-,26?,28?. The molecular weight excluding hydrogens is 615 g/mol. The summed E-state index contributed by atoms with van der Waals surface area (Å²) in [5.41, 5.74) is -7.02. The lowest BCUT2D eigenvalue weighted by Gasteiger charge is -2.44. The van der Waals surface area contributed by atoms with Crippen LogP contribution in [-0.2, 0) is 37.2 Å². The topological polar surface area (TPSA) is 74.7 Å². The zero-order valence-electron chi connectivity index (χ0n) is 23.6. The average Bonchev–Trinajstić information content (AvgIpc) is 3.37. The zero-order chi connectivity index (χ0) is 32.3. The van der Waals surface area contributed by atoms with E-state index in [0.717, 1.165) is 6.07 Å². The number of aliphatic hydroxyl groups excluding tert-OH is 1. The number of hydrogen-bond donors (Lipinski definition) is 1. The lowest BCUT2D eigenvalue weighted by molar-refractivity contribution is -0.348. The van der Waals surface area contributed by atoms with Gasteiger partial charge in [-0.2, -0.15) is 26.3 Å². The molecule has 0 bridgehead atoms. The van der Waals surface area contributed by atoms with Crippen LogP contribution in [0.1, 0.15) is 60.8 Å². The maximum atomic E-state index is 15.0. The van der Waals surface area contributed by atoms with Crippen molar-refractivity contribution in [1.82, 2.24) is 4.90 Å². The molecule has 1 aliphatic heterocycles. The Kier molecular flexibility index (Phi) is 8.12. The fourth-order valence-electron chi connectivity index (χ4n) is 7.40. The highest BCUT2D eigenvalue weighted by atomic mass is 32.2. The number of likely N-dealkylation sites (tertiary alicyclic amines) is 1. The molecule has 44 heavy (non-hydrogen) atoms. The molecule has 5 rings (SSSR count). The van der Waals surface area contributed by atoms with Crippen molar-refractivity contribution in [2.45, 2.75) is 79.5 Å². The first-order chi connectivity index (χ1) is 20.4. The maximum Gasteiger partial charge on any atom is 0.435 e. The second-order valence-electron chi connectivity index (χ2n) is 12.0. The quantitative estimate of drug-likeness (QED) is 0.266. The lowest BCUT2D eigenvalue weighted by atomic mass is 9.76. The summed E-state index contributed by atoms with van der Waals surface area (Å²) < 4.78 is 123. The van der Waals surface area contributed by atoms with Crippen LogP contribution in [0.3, 0.4) is 0 Å². The summed E-state index contributed by atoms with van der Waals surface area (Å²) in [6.07, 6.45) is -11.0. The summed E-state index contributed by atoms with van der Waals surface area (Å²) in [6.45, 7) is 3.58. The van der Waals surface area contributed by atoms with Crippen molar-refractivity contribution in [3.63, 3.8) is 0 Å². The second-order valence-corrected chi connectivity index (χ2v) is 14.3. The van der Waals surface area contributed by atoms with E-state index in [2.05, 4.69) is 6.58 Å². The number of benzene rings is 2. The molecule has 2 fully saturated rings. The van der Waals surface area contributed by atoms with E-state index in [1.807, 2.05) is 0 Å². The Morgan fingerprint density at radius 3 is 2.07 bits per heavy atom. The first kappa shape index (κ1) is 32.3. The van der Waals surface area contributed by atoms with Crippen LogP contribution >= 0.6 is 0 Å². The summed E-state index contributed by atoms with van der Waals surface area (Å²) in [7, 11) is -4.25. The zero-order valence-corrected chi connectivity index (χ0v) is 24.4. The highest BCUT2D eigenvalue weighted by Gasteiger charge is 2.73. The van der Waals surface area contributed by atoms with E-state index < -0.39 is 55.9 Å². The van der Waals surface area contributed by atoms with Crippen LogP contribution in [0, 0.1) is 11.8 Å². The molecule has 2 aromatic carbocycles. The van der Waals surface area contributed by atoms with Gasteiger partial charge >= 0.3 is 18.0 Å². The van der Waals surface area contributed by atoms with Crippen LogP contribution in [0.2, 0.25) is 0 Å². The number of aryl methyl sites for hydroxylation is 1. The molecule has 240 valence electrons. The van der Waals surface area contributed by atoms with Gasteiger partial charge in [0.1, 0.15) is 4.75 Å². The lowest BCUT2D eigenvalue weighted by Crippen LogP contribution is -2.54. The van der Waals surface area contributed by atoms with Crippen molar-refractivity contribution in [3.05, 3.63) is 83.1 Å². The molecule has 13 heteroatoms. The minimum atomic E-state index is -6.31. The summed E-state index contributed by atoms with van der Waals surface area (Å²) >= 11 is 0. The van der Waals surface area contributed by atoms with Crippen LogP contribution in [-0.4, -0.2) is 49.3 Å². The van der Waals surface area contributed by atoms with Gasteiger partial charge in [-0.15, -0.1) is 0 Å². The molecule has 1 saturated carbocycles. The summed E-state index contributed by atoms with van der Waals surface area (Å²) in [4.78, 5) is 15.3. The van der Waals surface area contributed by atoms with E-state index in [4.69, 9.17) is 0 Å². The second kappa shape index (κ2) is 11.1. The number of amides is 1. The third-order valence-electron chi connectivity index (χ3n) is 9.65. The molecule has 0 radical (unpaired) electrons. The minimum absolute atomic E-state index is 0.00396. The molecule has 2 aromatic rings. The first-order valence-corrected chi connectivity index (χ1v) is 16.0. The third-order valence-corrected chi connectivity index (χ3v) is 12.2. The Labute approximate surface area is 250 Å². The smallest absolute Gasteiger partial charge is 0.435 e. The number of aliphatic hydroxyl groups is 1. The highest BCUT2D eigenvalue weighted by Crippen LogP contribution is 2.56. The van der Waals surface area contributed by atoms with E-state index in [-0.39, 0.29) is 54.5 Å². The van der Waals surface area contributed by atoms with Gasteiger partial charge in [-0.3, -0.25) is 4.79 Å². The number of carbonyl (C=O) groups is 1. The Hall–Kier alpha value is -3.09. The van der Waals surface area contributed by atoms with Crippen molar-refractivity contribution in [2.75, 3.05) is 6.54 Å². The molecule has 0 spiro atoms. The Morgan fingerprint density at radius 2 is 1.50 bits per heavy atom. The average molecular weight is 648 g/mol. The molecule has 2 unspecified atom stereocenters. The number of rotatable bonds is 6. The number of hydrogen-bond acceptors (Lipinski definition) is 4. The van der Waals surface area contributed by atoms with Gasteiger partial charge in [0.15, 0.2) is 9.84 Å². The van der Waals surface area contributed by atoms with E-state index in [1.54, 1.807) is 30.3 Å². The Morgan fingerprint density at radius 1 is 0.909 bits per heavy atom. The molecule has 1 saturated heterocycles. The molecule has 5 nitrogen and oxygen atoms in total. The molecular formula is C31H32F7NO4S. The van der Waals surface area contributed by atoms with E-state index >= 15 is 4.39 Å². The predicted octanol–water partition coefficient (Wildman–Crippen LogP) is 7.21. The van der Waals surface area contributed by atoms with Gasteiger partial charge in [-0.1, -0.05) is 55.1 Å². The van der Waals surface area contributed by atoms with E-state index in [0.29, 0.717) is 43.4 Å². The first-order valence-electron chi connectivity index (χ1n) is 14.3. The fraction of sp³-hybridized carbons (Fsp3) is 0.516. The van der Waals surface area contributed by atoms with Crippen molar-refractivity contribution in [1.29, 1.82) is 0 Å². The third kappa shape index (κ3) is 5.08. The molecule has 1 N–H and O–H groups in total. The number of nitrogens with zero attached hydrogens (tertiary/aromatic N) is 1. The normalized spacial score (nSPS) is 26.2. The van der Waals surface area contributed by atoms with Gasteiger partial charge in [0.05, 0.1) is 17.6 Å². The van der Waals surface area contributed by atoms with Gasteiger partial charge in [0.25, 0.3) is 0 Å². The number of halogens is 7. The van der Waals surface area contributed by atoms with E-state index in [9.17, 15) is 44.7 Å². The monoisotopic (exact) mass is 647 g/mol. The number of fused-ring (bicyclic) bond motifs is 3. The maximum absolute atomic E-state index is 15.0. The van der Waals surface area contributed by atoms with Crippen molar-refractivity contribution in [2.24, 2.45) is 11.8 Å². The van der Waals surface area contributed by atoms with Crippen LogP contribution < -0.4 is 0 Å². The van der Waals surface area contributed by atoms with Crippen LogP contribution in [0.15, 0.2) is 60.9 Å². The van der Waals surface area contributed by atoms with Gasteiger partial charge in [-0.05, 0) is 61.6 Å². The summed E-state index contributed by atoms with van der Waals surface area (Å²) in [5.74, 6) is -1.29. The summed E-state index contributed by atoms with van der Waals surface area (Å²) in [5, 5.41) is 9.76. The number of alkyl halides is 7. The fourth-order valence-corrected chi connectivity index (χ4v) is 9.88. The Bertz CT molecular complexity index is 1520. The molecule has 2 aliphatic carbocycles. The largest absolute Gasteiger partial charge is 0.513 e. The van der Waals surface area contributed by atoms with Crippen molar-refractivity contribution < 1.29 is 49.1 Å². The van der Waals surface area contributed by atoms with Crippen LogP contribution in [0.25, 0.3) is 0 Å². The summed E-state index contributed by atoms with van der Waals surface area (Å²) in [6, 6.07) is 8.95. The molecule has 0 aromatic heterocycles. The minimum Gasteiger partial charge on any atom is -0.513 e.